The number of non-ortho nitro benzene ring substituents is 1. The van der Waals surface area contributed by atoms with Crippen LogP contribution < -0.4 is 10.2 Å². The van der Waals surface area contributed by atoms with Crippen LogP contribution in [0.15, 0.2) is 54.7 Å². The molecule has 1 unspecified atom stereocenters. The number of nitrogens with one attached hydrogen (secondary N) is 1. The van der Waals surface area contributed by atoms with E-state index in [9.17, 15) is 23.7 Å². The number of halogens is 3. The Labute approximate surface area is 249 Å². The Kier molecular flexibility index (Phi) is 9.30. The van der Waals surface area contributed by atoms with Gasteiger partial charge in [-0.3, -0.25) is 24.7 Å². The minimum atomic E-state index is -0.962. The lowest BCUT2D eigenvalue weighted by Gasteiger charge is -2.44. The Balaban J connectivity index is 0.00000423. The van der Waals surface area contributed by atoms with Gasteiger partial charge in [0, 0.05) is 77.7 Å². The fourth-order valence-electron chi connectivity index (χ4n) is 5.74. The molecule has 224 valence electrons. The van der Waals surface area contributed by atoms with Gasteiger partial charge in [0.05, 0.1) is 15.5 Å². The van der Waals surface area contributed by atoms with Gasteiger partial charge in [0.2, 0.25) is 0 Å². The number of nitro groups is 1. The third-order valence-electron chi connectivity index (χ3n) is 8.28. The average Bonchev–Trinajstić information content (AvgIpc) is 3.01. The molecule has 9 nitrogen and oxygen atoms in total. The first kappa shape index (κ1) is 29.8. The monoisotopic (exact) mass is 600 g/mol. The summed E-state index contributed by atoms with van der Waals surface area (Å²) in [5.74, 6) is -1.66. The molecule has 2 aromatic carbocycles. The molecule has 3 aromatic rings. The second-order valence-electron chi connectivity index (χ2n) is 10.8. The van der Waals surface area contributed by atoms with Crippen molar-refractivity contribution in [3.8, 4) is 0 Å². The molecule has 2 fully saturated rings. The molecule has 1 aromatic heterocycles. The van der Waals surface area contributed by atoms with Crippen molar-refractivity contribution in [3.05, 3.63) is 98.2 Å². The van der Waals surface area contributed by atoms with E-state index in [1.807, 2.05) is 12.1 Å². The number of nitro benzene ring substituents is 1. The molecule has 2 saturated heterocycles. The van der Waals surface area contributed by atoms with Crippen molar-refractivity contribution < 1.29 is 19.9 Å². The number of likely N-dealkylation sites (tertiary alicyclic amines) is 1. The molecule has 1 atom stereocenters. The molecule has 0 saturated carbocycles. The maximum Gasteiger partial charge on any atom is 0.269 e. The maximum absolute atomic E-state index is 13.4. The summed E-state index contributed by atoms with van der Waals surface area (Å²) in [5, 5.41) is 14.0. The third kappa shape index (κ3) is 6.86. The van der Waals surface area contributed by atoms with Gasteiger partial charge in [0.1, 0.15) is 5.82 Å². The van der Waals surface area contributed by atoms with E-state index in [1.54, 1.807) is 18.2 Å². The van der Waals surface area contributed by atoms with Gasteiger partial charge in [0.15, 0.2) is 11.6 Å². The Morgan fingerprint density at radius 2 is 1.76 bits per heavy atom. The summed E-state index contributed by atoms with van der Waals surface area (Å²) in [6.07, 6.45) is 3.60. The van der Waals surface area contributed by atoms with Gasteiger partial charge in [-0.25, -0.2) is 13.8 Å². The Morgan fingerprint density at radius 1 is 1.07 bits per heavy atom. The molecule has 1 amide bonds. The van der Waals surface area contributed by atoms with E-state index in [-0.39, 0.29) is 24.6 Å². The van der Waals surface area contributed by atoms with E-state index in [2.05, 4.69) is 31.9 Å². The zero-order valence-electron chi connectivity index (χ0n) is 23.3. The highest BCUT2D eigenvalue weighted by atomic mass is 35.5. The number of piperidine rings is 1. The number of piperazine rings is 1. The van der Waals surface area contributed by atoms with E-state index in [1.165, 1.54) is 12.3 Å². The lowest BCUT2D eigenvalue weighted by atomic mass is 9.98. The van der Waals surface area contributed by atoms with Crippen molar-refractivity contribution in [2.45, 2.75) is 38.4 Å². The van der Waals surface area contributed by atoms with Crippen LogP contribution in [0.4, 0.5) is 20.3 Å². The molecule has 0 radical (unpaired) electrons. The molecular weight excluding hydrogens is 566 g/mol. The Morgan fingerprint density at radius 3 is 2.38 bits per heavy atom. The lowest BCUT2D eigenvalue weighted by Crippen LogP contribution is -2.53. The SMILES string of the molecule is CC(c1ccc([N+](=O)[O-])cc1)N1CCC(N2CCN(c3ncc(C(=O)NCc4ccc(F)c(F)c4)cc3Cl)CC2)CC1.[HH]. The fourth-order valence-corrected chi connectivity index (χ4v) is 6.03. The normalized spacial score (nSPS) is 17.7. The molecule has 0 bridgehead atoms. The van der Waals surface area contributed by atoms with Crippen molar-refractivity contribution >= 4 is 29.0 Å². The summed E-state index contributed by atoms with van der Waals surface area (Å²) in [5.41, 5.74) is 1.93. The molecule has 0 spiro atoms. The van der Waals surface area contributed by atoms with Crippen LogP contribution in [0.3, 0.4) is 0 Å². The largest absolute Gasteiger partial charge is 0.353 e. The van der Waals surface area contributed by atoms with E-state index in [4.69, 9.17) is 11.6 Å². The van der Waals surface area contributed by atoms with Crippen LogP contribution in [0.2, 0.25) is 5.02 Å². The second-order valence-corrected chi connectivity index (χ2v) is 11.2. The van der Waals surface area contributed by atoms with Crippen LogP contribution >= 0.6 is 11.6 Å². The second kappa shape index (κ2) is 13.1. The van der Waals surface area contributed by atoms with Crippen molar-refractivity contribution in [1.29, 1.82) is 0 Å². The summed E-state index contributed by atoms with van der Waals surface area (Å²) in [6, 6.07) is 12.6. The van der Waals surface area contributed by atoms with Gasteiger partial charge < -0.3 is 10.2 Å². The number of nitrogens with zero attached hydrogens (tertiary/aromatic N) is 5. The van der Waals surface area contributed by atoms with Crippen LogP contribution in [0.1, 0.15) is 48.7 Å². The summed E-state index contributed by atoms with van der Waals surface area (Å²) in [7, 11) is 0. The quantitative estimate of drug-likeness (QED) is 0.272. The average molecular weight is 601 g/mol. The highest BCUT2D eigenvalue weighted by Gasteiger charge is 2.30. The first-order valence-corrected chi connectivity index (χ1v) is 14.4. The number of anilines is 1. The number of benzene rings is 2. The van der Waals surface area contributed by atoms with E-state index < -0.39 is 17.5 Å². The maximum atomic E-state index is 13.4. The van der Waals surface area contributed by atoms with Crippen molar-refractivity contribution in [3.63, 3.8) is 0 Å². The summed E-state index contributed by atoms with van der Waals surface area (Å²) >= 11 is 6.54. The number of rotatable bonds is 8. The van der Waals surface area contributed by atoms with E-state index in [0.29, 0.717) is 28.0 Å². The van der Waals surface area contributed by atoms with Crippen LogP contribution in [0.5, 0.6) is 0 Å². The number of amides is 1. The fraction of sp³-hybridized carbons (Fsp3) is 0.400. The van der Waals surface area contributed by atoms with Crippen LogP contribution in [0, 0.1) is 21.7 Å². The Hall–Kier alpha value is -3.67. The van der Waals surface area contributed by atoms with E-state index >= 15 is 0 Å². The van der Waals surface area contributed by atoms with Crippen molar-refractivity contribution in [2.24, 2.45) is 0 Å². The molecule has 42 heavy (non-hydrogen) atoms. The standard InChI is InChI=1S/C30H33ClF2N6O3.H2/c1-20(22-3-5-25(6-4-22)39(41)42)36-10-8-24(9-11-36)37-12-14-38(15-13-37)29-26(31)17-23(19-34-29)30(40)35-18-21-2-7-27(32)28(33)16-21;/h2-7,16-17,19-20,24H,8-15,18H2,1H3,(H,35,40);1H. The zero-order valence-corrected chi connectivity index (χ0v) is 24.1. The number of carbonyl (C=O) groups excluding carboxylic acids is 1. The zero-order chi connectivity index (χ0) is 29.8. The number of carbonyl (C=O) groups is 1. The molecule has 2 aliphatic heterocycles. The molecule has 2 aliphatic rings. The Bertz CT molecular complexity index is 1430. The highest BCUT2D eigenvalue weighted by molar-refractivity contribution is 6.33. The summed E-state index contributed by atoms with van der Waals surface area (Å²) in [6.45, 7) is 7.45. The first-order chi connectivity index (χ1) is 20.2. The van der Waals surface area contributed by atoms with Gasteiger partial charge >= 0.3 is 0 Å². The first-order valence-electron chi connectivity index (χ1n) is 14.0. The summed E-state index contributed by atoms with van der Waals surface area (Å²) < 4.78 is 26.5. The smallest absolute Gasteiger partial charge is 0.269 e. The number of hydrogen-bond donors (Lipinski definition) is 1. The predicted molar refractivity (Wildman–Crippen MR) is 159 cm³/mol. The molecule has 5 rings (SSSR count). The number of aromatic nitrogens is 1. The predicted octanol–water partition coefficient (Wildman–Crippen LogP) is 5.45. The van der Waals surface area contributed by atoms with Crippen LogP contribution in [0.25, 0.3) is 0 Å². The van der Waals surface area contributed by atoms with Gasteiger partial charge in [-0.2, -0.15) is 0 Å². The molecule has 12 heteroatoms. The van der Waals surface area contributed by atoms with Crippen LogP contribution in [-0.2, 0) is 6.54 Å². The highest BCUT2D eigenvalue weighted by Crippen LogP contribution is 2.29. The topological polar surface area (TPSA) is 94.8 Å². The molecular formula is C30H35ClF2N6O3. The van der Waals surface area contributed by atoms with Crippen molar-refractivity contribution in [1.82, 2.24) is 20.1 Å². The van der Waals surface area contributed by atoms with Crippen molar-refractivity contribution in [2.75, 3.05) is 44.2 Å². The van der Waals surface area contributed by atoms with Gasteiger partial charge in [0.25, 0.3) is 11.6 Å². The molecule has 0 aliphatic carbocycles. The van der Waals surface area contributed by atoms with Crippen LogP contribution in [-0.4, -0.2) is 70.9 Å². The lowest BCUT2D eigenvalue weighted by molar-refractivity contribution is -0.384. The van der Waals surface area contributed by atoms with Gasteiger partial charge in [-0.1, -0.05) is 29.8 Å². The van der Waals surface area contributed by atoms with Gasteiger partial charge in [-0.15, -0.1) is 0 Å². The molecule has 1 N–H and O–H groups in total. The number of pyridine rings is 1. The minimum absolute atomic E-state index is 0. The third-order valence-corrected chi connectivity index (χ3v) is 8.56. The summed E-state index contributed by atoms with van der Waals surface area (Å²) in [4.78, 5) is 34.7. The molecule has 3 heterocycles. The van der Waals surface area contributed by atoms with Gasteiger partial charge in [-0.05, 0) is 49.1 Å². The van der Waals surface area contributed by atoms with E-state index in [0.717, 1.165) is 69.8 Å². The number of hydrogen-bond acceptors (Lipinski definition) is 7. The minimum Gasteiger partial charge on any atom is -0.353 e.